The standard InChI is InChI=1S/C21H21NOS/c23-21(22-13-14-24-16-17-7-2-1-3-8-17)15-19-11-6-10-18-9-4-5-12-20(18)19/h1-12H,13-16H2,(H,22,23). The van der Waals surface area contributed by atoms with Crippen molar-refractivity contribution < 1.29 is 4.79 Å². The second kappa shape index (κ2) is 8.55. The van der Waals surface area contributed by atoms with Crippen LogP contribution in [0.15, 0.2) is 72.8 Å². The number of amides is 1. The highest BCUT2D eigenvalue weighted by molar-refractivity contribution is 7.98. The molecule has 0 radical (unpaired) electrons. The summed E-state index contributed by atoms with van der Waals surface area (Å²) in [6.07, 6.45) is 0.435. The van der Waals surface area contributed by atoms with Crippen molar-refractivity contribution in [3.63, 3.8) is 0 Å². The van der Waals surface area contributed by atoms with Gasteiger partial charge in [-0.3, -0.25) is 4.79 Å². The molecule has 0 aliphatic carbocycles. The Morgan fingerprint density at radius 3 is 2.50 bits per heavy atom. The van der Waals surface area contributed by atoms with E-state index in [1.165, 1.54) is 10.9 Å². The molecular formula is C21H21NOS. The van der Waals surface area contributed by atoms with Crippen molar-refractivity contribution in [2.45, 2.75) is 12.2 Å². The summed E-state index contributed by atoms with van der Waals surface area (Å²) in [6.45, 7) is 0.709. The Morgan fingerprint density at radius 1 is 0.875 bits per heavy atom. The highest BCUT2D eigenvalue weighted by Crippen LogP contribution is 2.18. The quantitative estimate of drug-likeness (QED) is 0.647. The average Bonchev–Trinajstić information content (AvgIpc) is 2.63. The van der Waals surface area contributed by atoms with Gasteiger partial charge in [-0.15, -0.1) is 0 Å². The van der Waals surface area contributed by atoms with Gasteiger partial charge in [0.2, 0.25) is 5.91 Å². The van der Waals surface area contributed by atoms with Crippen LogP contribution < -0.4 is 5.32 Å². The van der Waals surface area contributed by atoms with E-state index in [-0.39, 0.29) is 5.91 Å². The molecule has 0 aliphatic heterocycles. The first-order valence-electron chi connectivity index (χ1n) is 8.18. The number of hydrogen-bond acceptors (Lipinski definition) is 2. The largest absolute Gasteiger partial charge is 0.355 e. The molecule has 24 heavy (non-hydrogen) atoms. The van der Waals surface area contributed by atoms with Crippen LogP contribution in [0.4, 0.5) is 0 Å². The number of hydrogen-bond donors (Lipinski definition) is 1. The molecule has 0 spiro atoms. The summed E-state index contributed by atoms with van der Waals surface area (Å²) in [6, 6.07) is 24.7. The van der Waals surface area contributed by atoms with Crippen molar-refractivity contribution >= 4 is 28.4 Å². The number of carbonyl (C=O) groups is 1. The Bertz CT molecular complexity index is 796. The molecule has 3 heteroatoms. The molecule has 0 atom stereocenters. The van der Waals surface area contributed by atoms with Gasteiger partial charge >= 0.3 is 0 Å². The number of thioether (sulfide) groups is 1. The van der Waals surface area contributed by atoms with Crippen LogP contribution in [0.3, 0.4) is 0 Å². The van der Waals surface area contributed by atoms with Crippen LogP contribution in [-0.2, 0) is 17.0 Å². The smallest absolute Gasteiger partial charge is 0.224 e. The van der Waals surface area contributed by atoms with Crippen LogP contribution in [0.1, 0.15) is 11.1 Å². The van der Waals surface area contributed by atoms with Crippen molar-refractivity contribution in [2.24, 2.45) is 0 Å². The van der Waals surface area contributed by atoms with Gasteiger partial charge in [-0.2, -0.15) is 11.8 Å². The van der Waals surface area contributed by atoms with Gasteiger partial charge in [0.15, 0.2) is 0 Å². The molecule has 0 fully saturated rings. The summed E-state index contributed by atoms with van der Waals surface area (Å²) < 4.78 is 0. The lowest BCUT2D eigenvalue weighted by molar-refractivity contribution is -0.120. The van der Waals surface area contributed by atoms with Crippen molar-refractivity contribution in [1.82, 2.24) is 5.32 Å². The minimum absolute atomic E-state index is 0.0895. The van der Waals surface area contributed by atoms with E-state index in [9.17, 15) is 4.79 Å². The summed E-state index contributed by atoms with van der Waals surface area (Å²) in [5.41, 5.74) is 2.41. The Kier molecular flexibility index (Phi) is 5.91. The number of benzene rings is 3. The maximum atomic E-state index is 12.2. The molecule has 2 nitrogen and oxygen atoms in total. The zero-order valence-corrected chi connectivity index (χ0v) is 14.4. The molecule has 1 N–H and O–H groups in total. The number of fused-ring (bicyclic) bond motifs is 1. The SMILES string of the molecule is O=C(Cc1cccc2ccccc12)NCCSCc1ccccc1. The van der Waals surface area contributed by atoms with Crippen molar-refractivity contribution in [3.8, 4) is 0 Å². The van der Waals surface area contributed by atoms with Gasteiger partial charge in [0.05, 0.1) is 6.42 Å². The molecule has 0 unspecified atom stereocenters. The summed E-state index contributed by atoms with van der Waals surface area (Å²) in [7, 11) is 0. The normalized spacial score (nSPS) is 10.7. The van der Waals surface area contributed by atoms with Crippen LogP contribution in [0.25, 0.3) is 10.8 Å². The number of nitrogens with one attached hydrogen (secondary N) is 1. The molecule has 0 bridgehead atoms. The van der Waals surface area contributed by atoms with E-state index in [1.54, 1.807) is 0 Å². The van der Waals surface area contributed by atoms with Crippen molar-refractivity contribution in [2.75, 3.05) is 12.3 Å². The highest BCUT2D eigenvalue weighted by atomic mass is 32.2. The lowest BCUT2D eigenvalue weighted by Gasteiger charge is -2.08. The van der Waals surface area contributed by atoms with Gasteiger partial charge in [0, 0.05) is 18.1 Å². The van der Waals surface area contributed by atoms with Gasteiger partial charge in [-0.1, -0.05) is 72.8 Å². The fraction of sp³-hybridized carbons (Fsp3) is 0.190. The second-order valence-corrected chi connectivity index (χ2v) is 6.81. The van der Waals surface area contributed by atoms with E-state index in [1.807, 2.05) is 42.1 Å². The lowest BCUT2D eigenvalue weighted by Crippen LogP contribution is -2.27. The zero-order chi connectivity index (χ0) is 16.6. The molecule has 0 heterocycles. The maximum absolute atomic E-state index is 12.2. The summed E-state index contributed by atoms with van der Waals surface area (Å²) in [5.74, 6) is 2.00. The minimum Gasteiger partial charge on any atom is -0.355 e. The van der Waals surface area contributed by atoms with E-state index in [2.05, 4.69) is 47.8 Å². The zero-order valence-electron chi connectivity index (χ0n) is 13.6. The summed E-state index contributed by atoms with van der Waals surface area (Å²) in [4.78, 5) is 12.2. The molecular weight excluding hydrogens is 314 g/mol. The lowest BCUT2D eigenvalue weighted by atomic mass is 10.0. The van der Waals surface area contributed by atoms with Gasteiger partial charge in [0.25, 0.3) is 0 Å². The first-order chi connectivity index (χ1) is 11.8. The van der Waals surface area contributed by atoms with E-state index in [0.717, 1.165) is 22.5 Å². The molecule has 122 valence electrons. The van der Waals surface area contributed by atoms with E-state index < -0.39 is 0 Å². The molecule has 0 saturated carbocycles. The Labute approximate surface area is 147 Å². The van der Waals surface area contributed by atoms with Crippen LogP contribution >= 0.6 is 11.8 Å². The van der Waals surface area contributed by atoms with E-state index in [4.69, 9.17) is 0 Å². The number of rotatable bonds is 7. The summed E-state index contributed by atoms with van der Waals surface area (Å²) >= 11 is 1.84. The molecule has 0 saturated heterocycles. The van der Waals surface area contributed by atoms with E-state index in [0.29, 0.717) is 13.0 Å². The van der Waals surface area contributed by atoms with Crippen molar-refractivity contribution in [1.29, 1.82) is 0 Å². The second-order valence-electron chi connectivity index (χ2n) is 5.70. The first-order valence-corrected chi connectivity index (χ1v) is 9.33. The molecule has 3 rings (SSSR count). The summed E-state index contributed by atoms with van der Waals surface area (Å²) in [5, 5.41) is 5.36. The average molecular weight is 335 g/mol. The third-order valence-electron chi connectivity index (χ3n) is 3.91. The third kappa shape index (κ3) is 4.62. The third-order valence-corrected chi connectivity index (χ3v) is 4.94. The van der Waals surface area contributed by atoms with Gasteiger partial charge in [0.1, 0.15) is 0 Å². The fourth-order valence-electron chi connectivity index (χ4n) is 2.71. The fourth-order valence-corrected chi connectivity index (χ4v) is 3.53. The monoisotopic (exact) mass is 335 g/mol. The van der Waals surface area contributed by atoms with Gasteiger partial charge in [-0.25, -0.2) is 0 Å². The Hall–Kier alpha value is -2.26. The minimum atomic E-state index is 0.0895. The maximum Gasteiger partial charge on any atom is 0.224 e. The van der Waals surface area contributed by atoms with Gasteiger partial charge < -0.3 is 5.32 Å². The first kappa shape index (κ1) is 16.6. The Morgan fingerprint density at radius 2 is 1.62 bits per heavy atom. The van der Waals surface area contributed by atoms with Crippen molar-refractivity contribution in [3.05, 3.63) is 83.9 Å². The highest BCUT2D eigenvalue weighted by Gasteiger charge is 2.06. The van der Waals surface area contributed by atoms with E-state index >= 15 is 0 Å². The Balaban J connectivity index is 1.44. The van der Waals surface area contributed by atoms with Gasteiger partial charge in [-0.05, 0) is 21.9 Å². The van der Waals surface area contributed by atoms with Crippen LogP contribution in [-0.4, -0.2) is 18.2 Å². The molecule has 1 amide bonds. The molecule has 3 aromatic carbocycles. The predicted octanol–water partition coefficient (Wildman–Crippen LogP) is 4.43. The number of carbonyl (C=O) groups excluding carboxylic acids is 1. The van der Waals surface area contributed by atoms with Crippen LogP contribution in [0, 0.1) is 0 Å². The van der Waals surface area contributed by atoms with Crippen LogP contribution in [0.5, 0.6) is 0 Å². The molecule has 0 aliphatic rings. The topological polar surface area (TPSA) is 29.1 Å². The van der Waals surface area contributed by atoms with Crippen LogP contribution in [0.2, 0.25) is 0 Å². The molecule has 3 aromatic rings. The predicted molar refractivity (Wildman–Crippen MR) is 103 cm³/mol. The molecule has 0 aromatic heterocycles.